The highest BCUT2D eigenvalue weighted by Crippen LogP contribution is 2.34. The maximum atomic E-state index is 13.8. The summed E-state index contributed by atoms with van der Waals surface area (Å²) in [7, 11) is 7.72. The van der Waals surface area contributed by atoms with E-state index in [4.69, 9.17) is 4.99 Å². The number of nitrogens with zero attached hydrogens (tertiary/aromatic N) is 4. The number of rotatable bonds is 7. The average molecular weight is 495 g/mol. The van der Waals surface area contributed by atoms with E-state index < -0.39 is 11.9 Å². The Balaban J connectivity index is 2.91. The van der Waals surface area contributed by atoms with Crippen LogP contribution < -0.4 is 10.2 Å². The van der Waals surface area contributed by atoms with Gasteiger partial charge in [-0.3, -0.25) is 24.0 Å². The van der Waals surface area contributed by atoms with Crippen LogP contribution in [0.15, 0.2) is 53.5 Å². The molecule has 0 bridgehead atoms. The summed E-state index contributed by atoms with van der Waals surface area (Å²) in [6, 6.07) is 14.1. The Morgan fingerprint density at radius 1 is 0.944 bits per heavy atom. The van der Waals surface area contributed by atoms with Crippen molar-refractivity contribution in [2.24, 2.45) is 4.99 Å². The summed E-state index contributed by atoms with van der Waals surface area (Å²) in [5.74, 6) is -0.655. The van der Waals surface area contributed by atoms with E-state index in [0.717, 1.165) is 5.96 Å². The molecule has 2 aromatic rings. The number of carboxylic acids is 1. The van der Waals surface area contributed by atoms with Gasteiger partial charge in [0.15, 0.2) is 5.78 Å². The molecule has 36 heavy (non-hydrogen) atoms. The predicted octanol–water partition coefficient (Wildman–Crippen LogP) is 3.86. The zero-order valence-corrected chi connectivity index (χ0v) is 22.9. The number of ketones is 1. The number of anilines is 1. The Kier molecular flexibility index (Phi) is 9.78. The Hall–Kier alpha value is -3.68. The Morgan fingerprint density at radius 3 is 2.03 bits per heavy atom. The molecule has 0 amide bonds. The summed E-state index contributed by atoms with van der Waals surface area (Å²) in [5, 5.41) is 13.4. The molecule has 0 aliphatic rings. The van der Waals surface area contributed by atoms with Gasteiger partial charge in [-0.2, -0.15) is 0 Å². The van der Waals surface area contributed by atoms with Crippen molar-refractivity contribution in [2.45, 2.75) is 52.6 Å². The zero-order valence-electron chi connectivity index (χ0n) is 22.9. The number of carbonyl (C=O) groups is 2. The van der Waals surface area contributed by atoms with E-state index in [2.05, 4.69) is 5.32 Å². The minimum absolute atomic E-state index is 0.0586. The number of nitrogens with one attached hydrogen (secondary N) is 1. The van der Waals surface area contributed by atoms with E-state index in [0.29, 0.717) is 28.3 Å². The zero-order chi connectivity index (χ0) is 27.2. The van der Waals surface area contributed by atoms with E-state index in [1.54, 1.807) is 37.3 Å². The van der Waals surface area contributed by atoms with Crippen LogP contribution in [0.2, 0.25) is 0 Å². The first-order valence-electron chi connectivity index (χ1n) is 12.2. The molecule has 8 nitrogen and oxygen atoms in total. The van der Waals surface area contributed by atoms with Gasteiger partial charge in [0.05, 0.1) is 39.8 Å². The van der Waals surface area contributed by atoms with Crippen LogP contribution in [0.4, 0.5) is 5.69 Å². The molecule has 194 valence electrons. The fourth-order valence-corrected chi connectivity index (χ4v) is 3.97. The van der Waals surface area contributed by atoms with Crippen LogP contribution in [0, 0.1) is 0 Å². The molecule has 8 heteroatoms. The van der Waals surface area contributed by atoms with Crippen LogP contribution >= 0.6 is 0 Å². The fourth-order valence-electron chi connectivity index (χ4n) is 3.97. The monoisotopic (exact) mass is 494 g/mol. The van der Waals surface area contributed by atoms with Crippen molar-refractivity contribution in [3.63, 3.8) is 0 Å². The van der Waals surface area contributed by atoms with Crippen molar-refractivity contribution in [2.75, 3.05) is 33.1 Å². The summed E-state index contributed by atoms with van der Waals surface area (Å²) in [5.41, 5.74) is 2.05. The molecular weight excluding hydrogens is 454 g/mol. The molecule has 0 aliphatic carbocycles. The number of carbonyl (C=O) groups excluding carboxylic acids is 1. The molecule has 0 saturated carbocycles. The second-order valence-corrected chi connectivity index (χ2v) is 9.75. The molecule has 0 saturated heterocycles. The Labute approximate surface area is 215 Å². The van der Waals surface area contributed by atoms with E-state index in [9.17, 15) is 14.7 Å². The van der Waals surface area contributed by atoms with Gasteiger partial charge < -0.3 is 5.11 Å². The number of hydrogen-bond donors (Lipinski definition) is 2. The molecule has 2 aromatic carbocycles. The SMILES string of the molecule is CC(C)N=C(NC(N(C)C)=[N+](C)C)N(c1c(C(=O)c2ccccc2)cccc1C(C)C(=O)O)C(C)C. The van der Waals surface area contributed by atoms with Crippen molar-refractivity contribution < 1.29 is 19.3 Å². The topological polar surface area (TPSA) is 88.3 Å². The second-order valence-electron chi connectivity index (χ2n) is 9.75. The standard InChI is InChI=1S/C28H39N5O3/c1-18(2)29-27(30-28(31(6)7)32(8)9)33(19(3)4)24-22(20(5)26(35)36)16-13-17-23(24)25(34)21-14-11-10-12-15-21/h10-20H,1-9H3,(H,35,36)/p+1. The van der Waals surface area contributed by atoms with Crippen LogP contribution in [0.1, 0.15) is 62.0 Å². The predicted molar refractivity (Wildman–Crippen MR) is 146 cm³/mol. The largest absolute Gasteiger partial charge is 0.481 e. The maximum Gasteiger partial charge on any atom is 0.354 e. The van der Waals surface area contributed by atoms with Crippen molar-refractivity contribution >= 4 is 29.4 Å². The van der Waals surface area contributed by atoms with E-state index >= 15 is 0 Å². The van der Waals surface area contributed by atoms with Gasteiger partial charge in [-0.15, -0.1) is 0 Å². The van der Waals surface area contributed by atoms with Crippen LogP contribution in [-0.4, -0.2) is 78.5 Å². The number of carboxylic acid groups (broad SMARTS) is 1. The molecule has 0 heterocycles. The minimum atomic E-state index is -0.964. The highest BCUT2D eigenvalue weighted by atomic mass is 16.4. The molecule has 1 atom stereocenters. The van der Waals surface area contributed by atoms with Crippen molar-refractivity contribution in [3.8, 4) is 0 Å². The van der Waals surface area contributed by atoms with E-state index in [1.165, 1.54) is 0 Å². The van der Waals surface area contributed by atoms with Crippen LogP contribution in [-0.2, 0) is 4.79 Å². The van der Waals surface area contributed by atoms with Crippen LogP contribution in [0.25, 0.3) is 0 Å². The lowest BCUT2D eigenvalue weighted by Crippen LogP contribution is -2.54. The summed E-state index contributed by atoms with van der Waals surface area (Å²) in [6.45, 7) is 9.60. The molecule has 2 N–H and O–H groups in total. The quantitative estimate of drug-likeness (QED) is 0.263. The minimum Gasteiger partial charge on any atom is -0.481 e. The lowest BCUT2D eigenvalue weighted by Gasteiger charge is -2.33. The molecule has 0 spiro atoms. The molecule has 0 fully saturated rings. The lowest BCUT2D eigenvalue weighted by molar-refractivity contribution is -0.471. The summed E-state index contributed by atoms with van der Waals surface area (Å²) >= 11 is 0. The second kappa shape index (κ2) is 12.3. The first kappa shape index (κ1) is 28.6. The maximum absolute atomic E-state index is 13.8. The molecular formula is C28H40N5O3+. The van der Waals surface area contributed by atoms with Gasteiger partial charge in [0.25, 0.3) is 5.96 Å². The molecule has 0 radical (unpaired) electrons. The fraction of sp³-hybridized carbons (Fsp3) is 0.429. The lowest BCUT2D eigenvalue weighted by atomic mass is 9.91. The number of hydrogen-bond acceptors (Lipinski definition) is 3. The van der Waals surface area contributed by atoms with Gasteiger partial charge in [0.2, 0.25) is 0 Å². The van der Waals surface area contributed by atoms with Gasteiger partial charge in [-0.1, -0.05) is 42.5 Å². The summed E-state index contributed by atoms with van der Waals surface area (Å²) in [4.78, 5) is 34.7. The van der Waals surface area contributed by atoms with E-state index in [1.807, 2.05) is 88.5 Å². The summed E-state index contributed by atoms with van der Waals surface area (Å²) in [6.07, 6.45) is 0. The van der Waals surface area contributed by atoms with Gasteiger partial charge >= 0.3 is 11.9 Å². The first-order chi connectivity index (χ1) is 16.9. The normalized spacial score (nSPS) is 12.4. The Morgan fingerprint density at radius 2 is 1.56 bits per heavy atom. The Bertz CT molecular complexity index is 1130. The van der Waals surface area contributed by atoms with Crippen LogP contribution in [0.5, 0.6) is 0 Å². The third kappa shape index (κ3) is 6.71. The van der Waals surface area contributed by atoms with Crippen molar-refractivity contribution in [1.82, 2.24) is 10.2 Å². The summed E-state index contributed by atoms with van der Waals surface area (Å²) < 4.78 is 1.94. The smallest absolute Gasteiger partial charge is 0.354 e. The number of benzene rings is 2. The van der Waals surface area contributed by atoms with Gasteiger partial charge in [0, 0.05) is 23.2 Å². The molecule has 1 unspecified atom stereocenters. The highest BCUT2D eigenvalue weighted by molar-refractivity contribution is 6.16. The molecule has 0 aliphatic heterocycles. The van der Waals surface area contributed by atoms with Gasteiger partial charge in [-0.05, 0) is 46.2 Å². The van der Waals surface area contributed by atoms with Crippen LogP contribution in [0.3, 0.4) is 0 Å². The highest BCUT2D eigenvalue weighted by Gasteiger charge is 2.32. The van der Waals surface area contributed by atoms with E-state index in [-0.39, 0.29) is 17.9 Å². The number of aliphatic carboxylic acids is 1. The first-order valence-corrected chi connectivity index (χ1v) is 12.2. The third-order valence-corrected chi connectivity index (χ3v) is 5.62. The molecule has 2 rings (SSSR count). The van der Waals surface area contributed by atoms with Gasteiger partial charge in [-0.25, -0.2) is 10.3 Å². The van der Waals surface area contributed by atoms with Crippen molar-refractivity contribution in [3.05, 3.63) is 65.2 Å². The van der Waals surface area contributed by atoms with Gasteiger partial charge in [0.1, 0.15) is 0 Å². The number of para-hydroxylation sites is 1. The average Bonchev–Trinajstić information content (AvgIpc) is 2.81. The molecule has 0 aromatic heterocycles. The number of guanidine groups is 2. The third-order valence-electron chi connectivity index (χ3n) is 5.62. The van der Waals surface area contributed by atoms with Crippen molar-refractivity contribution in [1.29, 1.82) is 0 Å². The number of aliphatic imine (C=N–C) groups is 1.